The fraction of sp³-hybridized carbons (Fsp3) is 0. The van der Waals surface area contributed by atoms with Gasteiger partial charge in [-0.15, -0.1) is 0 Å². The number of nitrogens with two attached hydrogens (primary N) is 3. The number of carbonyl (C=O) groups excluding carboxylic acids is 2. The first-order chi connectivity index (χ1) is 9.50. The van der Waals surface area contributed by atoms with Crippen LogP contribution in [0, 0.1) is 0 Å². The highest BCUT2D eigenvalue weighted by Crippen LogP contribution is 2.14. The number of nitrogens with zero attached hydrogens (tertiary/aromatic N) is 1. The summed E-state index contributed by atoms with van der Waals surface area (Å²) < 4.78 is 0. The molecule has 6 heteroatoms. The number of anilines is 2. The Morgan fingerprint density at radius 3 is 2.05 bits per heavy atom. The van der Waals surface area contributed by atoms with E-state index in [9.17, 15) is 9.59 Å². The van der Waals surface area contributed by atoms with Crippen LogP contribution in [0.1, 0.15) is 20.7 Å². The first-order valence-corrected chi connectivity index (χ1v) is 5.84. The first-order valence-electron chi connectivity index (χ1n) is 5.84. The molecule has 0 aliphatic rings. The van der Waals surface area contributed by atoms with E-state index in [4.69, 9.17) is 17.3 Å². The van der Waals surface area contributed by atoms with Crippen molar-refractivity contribution in [2.24, 2.45) is 5.84 Å². The lowest BCUT2D eigenvalue weighted by atomic mass is 10.1. The predicted octanol–water partition coefficient (Wildman–Crippen LogP) is 1.01. The molecule has 0 saturated heterocycles. The molecule has 20 heavy (non-hydrogen) atoms. The Balaban J connectivity index is 2.25. The van der Waals surface area contributed by atoms with E-state index in [0.29, 0.717) is 10.7 Å². The summed E-state index contributed by atoms with van der Waals surface area (Å²) in [5, 5.41) is 0.539. The van der Waals surface area contributed by atoms with Crippen LogP contribution in [0.15, 0.2) is 48.5 Å². The normalized spacial score (nSPS) is 10.1. The van der Waals surface area contributed by atoms with Gasteiger partial charge in [-0.1, -0.05) is 12.1 Å². The van der Waals surface area contributed by atoms with Crippen molar-refractivity contribution in [3.8, 4) is 0 Å². The average molecular weight is 270 g/mol. The molecule has 0 spiro atoms. The van der Waals surface area contributed by atoms with Crippen LogP contribution in [0.5, 0.6) is 0 Å². The van der Waals surface area contributed by atoms with Crippen LogP contribution >= 0.6 is 0 Å². The summed E-state index contributed by atoms with van der Waals surface area (Å²) in [6.07, 6.45) is 0. The largest absolute Gasteiger partial charge is 0.399 e. The molecule has 0 heterocycles. The van der Waals surface area contributed by atoms with Crippen molar-refractivity contribution in [3.63, 3.8) is 0 Å². The minimum Gasteiger partial charge on any atom is -0.399 e. The number of hydrazine groups is 1. The lowest BCUT2D eigenvalue weighted by Gasteiger charge is -2.15. The zero-order valence-electron chi connectivity index (χ0n) is 10.6. The highest BCUT2D eigenvalue weighted by Gasteiger charge is 2.22. The van der Waals surface area contributed by atoms with Crippen molar-refractivity contribution >= 4 is 23.2 Å². The van der Waals surface area contributed by atoms with Gasteiger partial charge >= 0.3 is 0 Å². The maximum Gasteiger partial charge on any atom is 0.277 e. The van der Waals surface area contributed by atoms with Gasteiger partial charge in [-0.25, -0.2) is 10.9 Å². The summed E-state index contributed by atoms with van der Waals surface area (Å²) in [6.45, 7) is 0. The molecule has 0 atom stereocenters. The molecule has 2 aromatic rings. The Labute approximate surface area is 115 Å². The highest BCUT2D eigenvalue weighted by molar-refractivity contribution is 6.11. The van der Waals surface area contributed by atoms with Gasteiger partial charge in [0.1, 0.15) is 0 Å². The van der Waals surface area contributed by atoms with Crippen LogP contribution in [0.3, 0.4) is 0 Å². The second-order valence-electron chi connectivity index (χ2n) is 4.19. The third-order valence-electron chi connectivity index (χ3n) is 2.79. The van der Waals surface area contributed by atoms with E-state index in [-0.39, 0.29) is 16.8 Å². The average Bonchev–Trinajstić information content (AvgIpc) is 2.46. The van der Waals surface area contributed by atoms with Crippen molar-refractivity contribution in [2.45, 2.75) is 0 Å². The summed E-state index contributed by atoms with van der Waals surface area (Å²) in [6, 6.07) is 12.5. The van der Waals surface area contributed by atoms with Crippen LogP contribution in [0.2, 0.25) is 0 Å². The van der Waals surface area contributed by atoms with Gasteiger partial charge in [0.15, 0.2) is 0 Å². The quantitative estimate of drug-likeness (QED) is 0.247. The van der Waals surface area contributed by atoms with Crippen LogP contribution < -0.4 is 17.3 Å². The Morgan fingerprint density at radius 1 is 0.850 bits per heavy atom. The Bertz CT molecular complexity index is 652. The molecular weight excluding hydrogens is 256 g/mol. The second kappa shape index (κ2) is 5.41. The van der Waals surface area contributed by atoms with Crippen LogP contribution in [-0.4, -0.2) is 16.8 Å². The molecule has 102 valence electrons. The van der Waals surface area contributed by atoms with Crippen LogP contribution in [0.4, 0.5) is 11.4 Å². The van der Waals surface area contributed by atoms with E-state index < -0.39 is 11.8 Å². The summed E-state index contributed by atoms with van der Waals surface area (Å²) in [7, 11) is 0. The van der Waals surface area contributed by atoms with Gasteiger partial charge in [-0.3, -0.25) is 9.59 Å². The van der Waals surface area contributed by atoms with Gasteiger partial charge in [0.05, 0.1) is 5.56 Å². The van der Waals surface area contributed by atoms with Gasteiger partial charge in [0, 0.05) is 16.9 Å². The molecule has 0 unspecified atom stereocenters. The molecule has 6 nitrogen and oxygen atoms in total. The standard InChI is InChI=1S/C14H14N4O2/c15-10-7-5-9(6-8-10)13(19)18(17)14(20)11-3-1-2-4-12(11)16/h1-8H,15-17H2. The van der Waals surface area contributed by atoms with Gasteiger partial charge in [0.2, 0.25) is 0 Å². The Kier molecular flexibility index (Phi) is 3.67. The number of carbonyl (C=O) groups is 2. The number of hydrogen-bond donors (Lipinski definition) is 3. The van der Waals surface area contributed by atoms with Gasteiger partial charge in [-0.2, -0.15) is 0 Å². The minimum atomic E-state index is -0.662. The zero-order valence-corrected chi connectivity index (χ0v) is 10.6. The number of rotatable bonds is 2. The monoisotopic (exact) mass is 270 g/mol. The molecule has 2 rings (SSSR count). The molecule has 0 saturated carbocycles. The van der Waals surface area contributed by atoms with E-state index >= 15 is 0 Å². The minimum absolute atomic E-state index is 0.179. The fourth-order valence-electron chi connectivity index (χ4n) is 1.68. The van der Waals surface area contributed by atoms with Crippen LogP contribution in [0.25, 0.3) is 0 Å². The smallest absolute Gasteiger partial charge is 0.277 e. The molecule has 0 radical (unpaired) electrons. The molecule has 0 aliphatic carbocycles. The Morgan fingerprint density at radius 2 is 1.45 bits per heavy atom. The predicted molar refractivity (Wildman–Crippen MR) is 76.4 cm³/mol. The number of para-hydroxylation sites is 1. The highest BCUT2D eigenvalue weighted by atomic mass is 16.2. The van der Waals surface area contributed by atoms with Gasteiger partial charge < -0.3 is 11.5 Å². The zero-order chi connectivity index (χ0) is 14.7. The number of nitrogen functional groups attached to an aromatic ring is 2. The third-order valence-corrected chi connectivity index (χ3v) is 2.79. The van der Waals surface area contributed by atoms with Crippen LogP contribution in [-0.2, 0) is 0 Å². The number of imide groups is 1. The van der Waals surface area contributed by atoms with Gasteiger partial charge in [-0.05, 0) is 36.4 Å². The van der Waals surface area contributed by atoms with Crippen molar-refractivity contribution in [1.82, 2.24) is 5.01 Å². The van der Waals surface area contributed by atoms with Crippen molar-refractivity contribution in [1.29, 1.82) is 0 Å². The molecule has 0 aliphatic heterocycles. The number of benzene rings is 2. The summed E-state index contributed by atoms with van der Waals surface area (Å²) >= 11 is 0. The summed E-state index contributed by atoms with van der Waals surface area (Å²) in [5.74, 6) is 4.29. The van der Waals surface area contributed by atoms with Crippen molar-refractivity contribution in [2.75, 3.05) is 11.5 Å². The molecule has 2 amide bonds. The molecular formula is C14H14N4O2. The fourth-order valence-corrected chi connectivity index (χ4v) is 1.68. The number of amides is 2. The first kappa shape index (κ1) is 13.6. The SMILES string of the molecule is Nc1ccc(C(=O)N(N)C(=O)c2ccccc2N)cc1. The van der Waals surface area contributed by atoms with Crippen molar-refractivity contribution < 1.29 is 9.59 Å². The van der Waals surface area contributed by atoms with E-state index in [1.165, 1.54) is 18.2 Å². The maximum atomic E-state index is 12.1. The lowest BCUT2D eigenvalue weighted by molar-refractivity contribution is 0.0616. The lowest BCUT2D eigenvalue weighted by Crippen LogP contribution is -2.42. The molecule has 0 aromatic heterocycles. The topological polar surface area (TPSA) is 115 Å². The Hall–Kier alpha value is -2.86. The summed E-state index contributed by atoms with van der Waals surface area (Å²) in [4.78, 5) is 24.2. The van der Waals surface area contributed by atoms with E-state index in [1.54, 1.807) is 30.3 Å². The molecule has 2 aromatic carbocycles. The molecule has 0 fully saturated rings. The molecule has 6 N–H and O–H groups in total. The summed E-state index contributed by atoms with van der Waals surface area (Å²) in [5.41, 5.74) is 12.4. The van der Waals surface area contributed by atoms with E-state index in [0.717, 1.165) is 0 Å². The van der Waals surface area contributed by atoms with E-state index in [1.807, 2.05) is 0 Å². The molecule has 0 bridgehead atoms. The van der Waals surface area contributed by atoms with Crippen molar-refractivity contribution in [3.05, 3.63) is 59.7 Å². The second-order valence-corrected chi connectivity index (χ2v) is 4.19. The number of hydrogen-bond acceptors (Lipinski definition) is 5. The van der Waals surface area contributed by atoms with Gasteiger partial charge in [0.25, 0.3) is 11.8 Å². The van der Waals surface area contributed by atoms with E-state index in [2.05, 4.69) is 0 Å². The third kappa shape index (κ3) is 2.60. The maximum absolute atomic E-state index is 12.1.